The van der Waals surface area contributed by atoms with Crippen molar-refractivity contribution < 1.29 is 42.9 Å². The van der Waals surface area contributed by atoms with Crippen molar-refractivity contribution in [1.29, 1.82) is 0 Å². The number of hydrogen-bond acceptors (Lipinski definition) is 7. The van der Waals surface area contributed by atoms with Gasteiger partial charge in [0.1, 0.15) is 13.2 Å². The Labute approximate surface area is 417 Å². The van der Waals surface area contributed by atoms with E-state index in [4.69, 9.17) is 18.9 Å². The SMILES string of the molecule is CC/C=C\C/C=C\C/C=C\C/C=C\C/C=C\C/C=C\C/C=C\CCCCCCCCCC(=O)OC(COC(=O)CCCCCCCCCCCCCCCC)COC(OCC[N+](C)(C)C)C(=O)O. The molecule has 9 nitrogen and oxygen atoms in total. The second-order valence-corrected chi connectivity index (χ2v) is 19.2. The Hall–Kier alpha value is -3.53. The van der Waals surface area contributed by atoms with E-state index >= 15 is 0 Å². The molecule has 0 amide bonds. The summed E-state index contributed by atoms with van der Waals surface area (Å²) in [5.74, 6) is -2.02. The number of ether oxygens (including phenoxy) is 4. The number of carbonyl (C=O) groups is 3. The van der Waals surface area contributed by atoms with Crippen molar-refractivity contribution in [2.75, 3.05) is 47.5 Å². The fourth-order valence-electron chi connectivity index (χ4n) is 7.23. The summed E-state index contributed by atoms with van der Waals surface area (Å²) in [7, 11) is 5.95. The van der Waals surface area contributed by atoms with E-state index in [0.717, 1.165) is 89.9 Å². The lowest BCUT2D eigenvalue weighted by molar-refractivity contribution is -0.870. The van der Waals surface area contributed by atoms with Crippen LogP contribution in [-0.2, 0) is 33.3 Å². The lowest BCUT2D eigenvalue weighted by atomic mass is 10.0. The molecule has 0 radical (unpaired) electrons. The number of nitrogens with zero attached hydrogens (tertiary/aromatic N) is 1. The fraction of sp³-hybridized carbons (Fsp3) is 0.712. The molecule has 2 atom stereocenters. The highest BCUT2D eigenvalue weighted by Gasteiger charge is 2.25. The third-order valence-corrected chi connectivity index (χ3v) is 11.4. The zero-order valence-corrected chi connectivity index (χ0v) is 44.2. The number of aliphatic carboxylic acids is 1. The number of carboxylic acid groups (broad SMARTS) is 1. The number of allylic oxidation sites excluding steroid dienone is 14. The van der Waals surface area contributed by atoms with E-state index in [1.165, 1.54) is 89.9 Å². The zero-order chi connectivity index (χ0) is 49.9. The third-order valence-electron chi connectivity index (χ3n) is 11.4. The Morgan fingerprint density at radius 2 is 0.838 bits per heavy atom. The minimum absolute atomic E-state index is 0.182. The summed E-state index contributed by atoms with van der Waals surface area (Å²) < 4.78 is 22.8. The van der Waals surface area contributed by atoms with E-state index in [-0.39, 0.29) is 32.2 Å². The Kier molecular flexibility index (Phi) is 47.3. The van der Waals surface area contributed by atoms with Crippen LogP contribution in [0, 0.1) is 0 Å². The number of likely N-dealkylation sites (N-methyl/N-ethyl adjacent to an activating group) is 1. The zero-order valence-electron chi connectivity index (χ0n) is 44.2. The maximum Gasteiger partial charge on any atom is 0.361 e. The van der Waals surface area contributed by atoms with Crippen LogP contribution in [0.1, 0.15) is 213 Å². The number of quaternary nitrogens is 1. The predicted molar refractivity (Wildman–Crippen MR) is 286 cm³/mol. The minimum atomic E-state index is -1.52. The van der Waals surface area contributed by atoms with E-state index in [1.807, 2.05) is 21.1 Å². The van der Waals surface area contributed by atoms with Gasteiger partial charge in [-0.1, -0.05) is 214 Å². The summed E-state index contributed by atoms with van der Waals surface area (Å²) in [6, 6.07) is 0. The van der Waals surface area contributed by atoms with Gasteiger partial charge in [-0.05, 0) is 70.6 Å². The Balaban J connectivity index is 4.30. The second kappa shape index (κ2) is 49.9. The van der Waals surface area contributed by atoms with Crippen LogP contribution >= 0.6 is 0 Å². The predicted octanol–water partition coefficient (Wildman–Crippen LogP) is 15.6. The molecule has 9 heteroatoms. The molecule has 2 unspecified atom stereocenters. The quantitative estimate of drug-likeness (QED) is 0.0211. The molecule has 0 spiro atoms. The number of carboxylic acids is 1. The largest absolute Gasteiger partial charge is 0.477 e. The van der Waals surface area contributed by atoms with Crippen molar-refractivity contribution in [3.63, 3.8) is 0 Å². The molecule has 0 heterocycles. The van der Waals surface area contributed by atoms with Gasteiger partial charge in [0.2, 0.25) is 0 Å². The highest BCUT2D eigenvalue weighted by Crippen LogP contribution is 2.15. The molecule has 0 aromatic rings. The smallest absolute Gasteiger partial charge is 0.361 e. The van der Waals surface area contributed by atoms with Crippen LogP contribution in [0.5, 0.6) is 0 Å². The van der Waals surface area contributed by atoms with Gasteiger partial charge in [0.05, 0.1) is 34.4 Å². The third kappa shape index (κ3) is 50.3. The van der Waals surface area contributed by atoms with Crippen molar-refractivity contribution in [3.8, 4) is 0 Å². The monoisotopic (exact) mass is 953 g/mol. The van der Waals surface area contributed by atoms with Crippen LogP contribution in [0.4, 0.5) is 0 Å². The van der Waals surface area contributed by atoms with Gasteiger partial charge >= 0.3 is 17.9 Å². The molecule has 68 heavy (non-hydrogen) atoms. The average molecular weight is 953 g/mol. The van der Waals surface area contributed by atoms with E-state index in [0.29, 0.717) is 23.9 Å². The van der Waals surface area contributed by atoms with E-state index in [1.54, 1.807) is 0 Å². The lowest BCUT2D eigenvalue weighted by Gasteiger charge is -2.25. The molecule has 0 rings (SSSR count). The average Bonchev–Trinajstić information content (AvgIpc) is 3.30. The number of esters is 2. The van der Waals surface area contributed by atoms with Gasteiger partial charge in [-0.25, -0.2) is 4.79 Å². The molecular formula is C59H102NO8+. The normalized spacial score (nSPS) is 13.5. The van der Waals surface area contributed by atoms with Gasteiger partial charge in [-0.15, -0.1) is 0 Å². The van der Waals surface area contributed by atoms with Crippen molar-refractivity contribution in [2.24, 2.45) is 0 Å². The van der Waals surface area contributed by atoms with Crippen LogP contribution in [0.3, 0.4) is 0 Å². The van der Waals surface area contributed by atoms with Gasteiger partial charge < -0.3 is 28.5 Å². The molecule has 0 fully saturated rings. The van der Waals surface area contributed by atoms with Crippen LogP contribution in [0.15, 0.2) is 85.1 Å². The van der Waals surface area contributed by atoms with Crippen molar-refractivity contribution >= 4 is 17.9 Å². The van der Waals surface area contributed by atoms with Gasteiger partial charge in [0.25, 0.3) is 6.29 Å². The molecule has 0 aliphatic heterocycles. The van der Waals surface area contributed by atoms with Gasteiger partial charge in [0, 0.05) is 12.8 Å². The van der Waals surface area contributed by atoms with E-state index in [2.05, 4.69) is 98.9 Å². The van der Waals surface area contributed by atoms with Crippen LogP contribution in [-0.4, -0.2) is 87.4 Å². The first-order chi connectivity index (χ1) is 33.1. The molecule has 0 aliphatic carbocycles. The fourth-order valence-corrected chi connectivity index (χ4v) is 7.23. The number of rotatable bonds is 49. The summed E-state index contributed by atoms with van der Waals surface area (Å²) in [6.45, 7) is 4.75. The Morgan fingerprint density at radius 3 is 1.25 bits per heavy atom. The summed E-state index contributed by atoms with van der Waals surface area (Å²) in [6.07, 6.45) is 62.2. The maximum atomic E-state index is 12.8. The highest BCUT2D eigenvalue weighted by molar-refractivity contribution is 5.71. The first-order valence-corrected chi connectivity index (χ1v) is 27.3. The summed E-state index contributed by atoms with van der Waals surface area (Å²) in [5, 5.41) is 9.68. The van der Waals surface area contributed by atoms with E-state index < -0.39 is 24.3 Å². The van der Waals surface area contributed by atoms with Gasteiger partial charge in [-0.2, -0.15) is 0 Å². The molecule has 0 aromatic heterocycles. The number of unbranched alkanes of at least 4 members (excludes halogenated alkanes) is 20. The molecule has 0 saturated carbocycles. The summed E-state index contributed by atoms with van der Waals surface area (Å²) in [4.78, 5) is 37.3. The number of carbonyl (C=O) groups excluding carboxylic acids is 2. The second-order valence-electron chi connectivity index (χ2n) is 19.2. The Morgan fingerprint density at radius 1 is 0.456 bits per heavy atom. The van der Waals surface area contributed by atoms with Crippen molar-refractivity contribution in [2.45, 2.75) is 225 Å². The molecule has 390 valence electrons. The highest BCUT2D eigenvalue weighted by atomic mass is 16.7. The number of hydrogen-bond donors (Lipinski definition) is 1. The summed E-state index contributed by atoms with van der Waals surface area (Å²) >= 11 is 0. The molecule has 0 bridgehead atoms. The van der Waals surface area contributed by atoms with Crippen LogP contribution in [0.2, 0.25) is 0 Å². The first kappa shape index (κ1) is 64.5. The lowest BCUT2D eigenvalue weighted by Crippen LogP contribution is -2.40. The van der Waals surface area contributed by atoms with Crippen LogP contribution < -0.4 is 0 Å². The molecular weight excluding hydrogens is 851 g/mol. The summed E-state index contributed by atoms with van der Waals surface area (Å²) in [5.41, 5.74) is 0. The Bertz CT molecular complexity index is 1390. The maximum absolute atomic E-state index is 12.8. The van der Waals surface area contributed by atoms with Gasteiger partial charge in [0.15, 0.2) is 6.10 Å². The minimum Gasteiger partial charge on any atom is -0.477 e. The molecule has 0 saturated heterocycles. The van der Waals surface area contributed by atoms with E-state index in [9.17, 15) is 19.5 Å². The van der Waals surface area contributed by atoms with Crippen molar-refractivity contribution in [1.82, 2.24) is 0 Å². The van der Waals surface area contributed by atoms with Crippen LogP contribution in [0.25, 0.3) is 0 Å². The standard InChI is InChI=1S/C59H101NO8/c1-6-8-10-12-14-16-18-20-22-23-24-25-26-27-28-29-30-31-32-33-34-35-36-38-40-42-44-46-48-50-57(62)68-55(54-67-59(58(63)64)65-52-51-60(3,4)5)53-66-56(61)49-47-45-43-41-39-37-21-19-17-15-13-11-9-7-2/h8,10,14,16,20,22,24-25,27-28,30-31,33-34,55,59H,6-7,9,11-13,15,17-19,21,23,26,29,32,35-54H2,1-5H3/p+1/b10-8-,16-14-,22-20-,25-24-,28-27-,31-30-,34-33-. The molecule has 0 aromatic carbocycles. The first-order valence-electron chi connectivity index (χ1n) is 27.3. The topological polar surface area (TPSA) is 108 Å². The molecule has 0 aliphatic rings. The molecule has 1 N–H and O–H groups in total. The van der Waals surface area contributed by atoms with Crippen molar-refractivity contribution in [3.05, 3.63) is 85.1 Å². The van der Waals surface area contributed by atoms with Gasteiger partial charge in [-0.3, -0.25) is 9.59 Å².